The summed E-state index contributed by atoms with van der Waals surface area (Å²) in [6, 6.07) is 8.79. The molecule has 0 radical (unpaired) electrons. The number of allylic oxidation sites excluding steroid dienone is 1. The van der Waals surface area contributed by atoms with Gasteiger partial charge in [-0.25, -0.2) is 8.42 Å². The first-order valence-electron chi connectivity index (χ1n) is 8.64. The summed E-state index contributed by atoms with van der Waals surface area (Å²) in [5.41, 5.74) is 3.84. The van der Waals surface area contributed by atoms with Gasteiger partial charge in [0.25, 0.3) is 0 Å². The summed E-state index contributed by atoms with van der Waals surface area (Å²) in [6.45, 7) is 2.24. The van der Waals surface area contributed by atoms with Crippen LogP contribution in [0.25, 0.3) is 5.57 Å². The molecule has 0 N–H and O–H groups in total. The van der Waals surface area contributed by atoms with Crippen molar-refractivity contribution in [3.63, 3.8) is 0 Å². The van der Waals surface area contributed by atoms with Crippen LogP contribution in [-0.2, 0) is 16.3 Å². The Bertz CT molecular complexity index is 641. The van der Waals surface area contributed by atoms with Crippen molar-refractivity contribution >= 4 is 15.4 Å². The third-order valence-electron chi connectivity index (χ3n) is 5.14. The van der Waals surface area contributed by atoms with Crippen molar-refractivity contribution in [2.45, 2.75) is 68.8 Å². The van der Waals surface area contributed by atoms with Gasteiger partial charge in [0.05, 0.1) is 10.5 Å². The minimum absolute atomic E-state index is 0.133. The smallest absolute Gasteiger partial charge is 0.159 e. The van der Waals surface area contributed by atoms with Crippen LogP contribution in [0.2, 0.25) is 0 Å². The van der Waals surface area contributed by atoms with Gasteiger partial charge in [-0.05, 0) is 48.8 Å². The topological polar surface area (TPSA) is 34.1 Å². The summed E-state index contributed by atoms with van der Waals surface area (Å²) in [4.78, 5) is 0. The van der Waals surface area contributed by atoms with Crippen LogP contribution in [0.5, 0.6) is 0 Å². The highest BCUT2D eigenvalue weighted by molar-refractivity contribution is 7.93. The van der Waals surface area contributed by atoms with E-state index >= 15 is 0 Å². The zero-order chi connectivity index (χ0) is 15.6. The van der Waals surface area contributed by atoms with Gasteiger partial charge in [-0.2, -0.15) is 0 Å². The molecular weight excluding hydrogens is 292 g/mol. The lowest BCUT2D eigenvalue weighted by atomic mass is 9.98. The quantitative estimate of drug-likeness (QED) is 0.722. The largest absolute Gasteiger partial charge is 0.228 e. The van der Waals surface area contributed by atoms with Crippen molar-refractivity contribution in [2.75, 3.05) is 0 Å². The number of hydrogen-bond acceptors (Lipinski definition) is 2. The molecule has 120 valence electrons. The normalized spacial score (nSPS) is 26.0. The average Bonchev–Trinajstić information content (AvgIpc) is 2.71. The van der Waals surface area contributed by atoms with E-state index < -0.39 is 9.84 Å². The maximum atomic E-state index is 12.1. The molecule has 0 spiro atoms. The van der Waals surface area contributed by atoms with Gasteiger partial charge < -0.3 is 0 Å². The number of aryl methyl sites for hydroxylation is 1. The maximum absolute atomic E-state index is 12.1. The maximum Gasteiger partial charge on any atom is 0.159 e. The van der Waals surface area contributed by atoms with Gasteiger partial charge in [-0.15, -0.1) is 0 Å². The lowest BCUT2D eigenvalue weighted by molar-refractivity contribution is 0.585. The summed E-state index contributed by atoms with van der Waals surface area (Å²) < 4.78 is 24.3. The molecule has 3 rings (SSSR count). The van der Waals surface area contributed by atoms with Crippen molar-refractivity contribution in [3.05, 3.63) is 41.5 Å². The second-order valence-electron chi connectivity index (χ2n) is 6.73. The van der Waals surface area contributed by atoms with Gasteiger partial charge in [0.15, 0.2) is 9.84 Å². The van der Waals surface area contributed by atoms with E-state index in [2.05, 4.69) is 31.2 Å². The molecule has 2 bridgehead atoms. The highest BCUT2D eigenvalue weighted by atomic mass is 32.2. The molecule has 3 heteroatoms. The molecule has 2 nitrogen and oxygen atoms in total. The van der Waals surface area contributed by atoms with Gasteiger partial charge in [-0.1, -0.05) is 56.5 Å². The fourth-order valence-corrected chi connectivity index (χ4v) is 5.90. The van der Waals surface area contributed by atoms with E-state index in [0.29, 0.717) is 6.42 Å². The highest BCUT2D eigenvalue weighted by Gasteiger charge is 2.43. The molecule has 2 heterocycles. The Morgan fingerprint density at radius 1 is 1.05 bits per heavy atom. The number of rotatable bonds is 6. The SMILES string of the molecule is CCCCCCc1ccc(C2=CC3CCC(C2)S3(=O)=O)cc1. The molecule has 1 fully saturated rings. The molecule has 0 saturated carbocycles. The minimum atomic E-state index is -2.87. The molecule has 1 aromatic rings. The third-order valence-corrected chi connectivity index (χ3v) is 7.69. The number of fused-ring (bicyclic) bond motifs is 2. The van der Waals surface area contributed by atoms with E-state index in [1.807, 2.05) is 6.08 Å². The van der Waals surface area contributed by atoms with E-state index in [0.717, 1.165) is 19.3 Å². The molecule has 1 aromatic carbocycles. The summed E-state index contributed by atoms with van der Waals surface area (Å²) in [7, 11) is -2.87. The Kier molecular flexibility index (Phi) is 4.72. The van der Waals surface area contributed by atoms with Crippen molar-refractivity contribution in [3.8, 4) is 0 Å². The van der Waals surface area contributed by atoms with Gasteiger partial charge in [0.1, 0.15) is 0 Å². The van der Waals surface area contributed by atoms with Crippen LogP contribution in [0.4, 0.5) is 0 Å². The van der Waals surface area contributed by atoms with E-state index in [-0.39, 0.29) is 10.5 Å². The Balaban J connectivity index is 1.67. The average molecular weight is 318 g/mol. The zero-order valence-corrected chi connectivity index (χ0v) is 14.2. The predicted octanol–water partition coefficient (Wildman–Crippen LogP) is 4.54. The van der Waals surface area contributed by atoms with Crippen molar-refractivity contribution in [1.29, 1.82) is 0 Å². The summed E-state index contributed by atoms with van der Waals surface area (Å²) in [6.07, 6.45) is 10.7. The molecular formula is C19H26O2S. The van der Waals surface area contributed by atoms with Crippen molar-refractivity contribution in [2.24, 2.45) is 0 Å². The van der Waals surface area contributed by atoms with Crippen LogP contribution in [0.15, 0.2) is 30.3 Å². The van der Waals surface area contributed by atoms with Gasteiger partial charge in [0, 0.05) is 0 Å². The fourth-order valence-electron chi connectivity index (χ4n) is 3.72. The zero-order valence-electron chi connectivity index (χ0n) is 13.4. The number of hydrogen-bond donors (Lipinski definition) is 0. The highest BCUT2D eigenvalue weighted by Crippen LogP contribution is 2.40. The number of unbranched alkanes of at least 4 members (excludes halogenated alkanes) is 3. The Morgan fingerprint density at radius 2 is 1.82 bits per heavy atom. The van der Waals surface area contributed by atoms with Crippen LogP contribution >= 0.6 is 0 Å². The molecule has 22 heavy (non-hydrogen) atoms. The Morgan fingerprint density at radius 3 is 2.50 bits per heavy atom. The van der Waals surface area contributed by atoms with E-state index in [1.165, 1.54) is 42.4 Å². The molecule has 0 amide bonds. The molecule has 1 saturated heterocycles. The Hall–Kier alpha value is -1.09. The number of sulfone groups is 1. The second kappa shape index (κ2) is 6.57. The van der Waals surface area contributed by atoms with Crippen LogP contribution in [0, 0.1) is 0 Å². The fraction of sp³-hybridized carbons (Fsp3) is 0.579. The molecule has 2 atom stereocenters. The monoisotopic (exact) mass is 318 g/mol. The van der Waals surface area contributed by atoms with Crippen molar-refractivity contribution in [1.82, 2.24) is 0 Å². The summed E-state index contributed by atoms with van der Waals surface area (Å²) in [5.74, 6) is 0. The van der Waals surface area contributed by atoms with Crippen LogP contribution in [0.1, 0.15) is 63.0 Å². The van der Waals surface area contributed by atoms with Crippen LogP contribution in [-0.4, -0.2) is 18.9 Å². The van der Waals surface area contributed by atoms with Crippen LogP contribution in [0.3, 0.4) is 0 Å². The lowest BCUT2D eigenvalue weighted by Crippen LogP contribution is -2.26. The first-order chi connectivity index (χ1) is 10.6. The number of benzene rings is 1. The van der Waals surface area contributed by atoms with E-state index in [4.69, 9.17) is 0 Å². The molecule has 0 aromatic heterocycles. The summed E-state index contributed by atoms with van der Waals surface area (Å²) >= 11 is 0. The first kappa shape index (κ1) is 15.8. The second-order valence-corrected chi connectivity index (χ2v) is 9.18. The third kappa shape index (κ3) is 3.15. The lowest BCUT2D eigenvalue weighted by Gasteiger charge is -2.20. The van der Waals surface area contributed by atoms with Gasteiger partial charge in [0.2, 0.25) is 0 Å². The minimum Gasteiger partial charge on any atom is -0.228 e. The molecule has 2 unspecified atom stereocenters. The van der Waals surface area contributed by atoms with E-state index in [9.17, 15) is 8.42 Å². The Labute approximate surface area is 134 Å². The summed E-state index contributed by atoms with van der Waals surface area (Å²) in [5, 5.41) is -0.360. The van der Waals surface area contributed by atoms with Gasteiger partial charge in [-0.3, -0.25) is 0 Å². The predicted molar refractivity (Wildman–Crippen MR) is 92.6 cm³/mol. The van der Waals surface area contributed by atoms with E-state index in [1.54, 1.807) is 0 Å². The molecule has 2 aliphatic heterocycles. The standard InChI is InChI=1S/C19H26O2S/c1-2-3-4-5-6-15-7-9-16(10-8-15)17-13-18-11-12-19(14-17)22(18,20)21/h7-10,13,18-19H,2-6,11-12,14H2,1H3. The molecule has 2 aliphatic rings. The first-order valence-corrected chi connectivity index (χ1v) is 10.2. The van der Waals surface area contributed by atoms with Gasteiger partial charge >= 0.3 is 0 Å². The van der Waals surface area contributed by atoms with Crippen LogP contribution < -0.4 is 0 Å². The van der Waals surface area contributed by atoms with Crippen molar-refractivity contribution < 1.29 is 8.42 Å². The molecule has 0 aliphatic carbocycles.